The first-order chi connectivity index (χ1) is 10.5. The zero-order valence-corrected chi connectivity index (χ0v) is 17.2. The molecule has 0 bridgehead atoms. The van der Waals surface area contributed by atoms with Crippen molar-refractivity contribution in [2.75, 3.05) is 6.35 Å². The van der Waals surface area contributed by atoms with E-state index in [4.69, 9.17) is 14.5 Å². The van der Waals surface area contributed by atoms with Crippen molar-refractivity contribution in [3.05, 3.63) is 30.5 Å². The molecule has 2 aromatic rings. The summed E-state index contributed by atoms with van der Waals surface area (Å²) in [6.07, 6.45) is 2.92. The molecule has 0 saturated heterocycles. The van der Waals surface area contributed by atoms with Crippen LogP contribution in [-0.4, -0.2) is 41.5 Å². The standard InChI is InChI=1S/C13H17FN4O4P.Y/c1-8(13(4,14)22-7-23(19,20)21)10(3)18-6-17-11-9(2)15-5-16-12(11)18;/h6,10H,1,7H2,2-4H3,(H2,19,20,21);/q-1;/t10-,13-;/m0./s1. The zero-order valence-electron chi connectivity index (χ0n) is 13.5. The third-order valence-corrected chi connectivity index (χ3v) is 3.95. The number of halogens is 1. The van der Waals surface area contributed by atoms with Crippen LogP contribution in [0, 0.1) is 13.3 Å². The van der Waals surface area contributed by atoms with Crippen LogP contribution in [0.1, 0.15) is 25.6 Å². The Morgan fingerprint density at radius 3 is 2.79 bits per heavy atom. The smallest absolute Gasteiger partial charge is 0.351 e. The summed E-state index contributed by atoms with van der Waals surface area (Å²) in [5.41, 5.74) is 1.62. The molecule has 8 nitrogen and oxygen atoms in total. The molecule has 2 rings (SSSR count). The van der Waals surface area contributed by atoms with E-state index in [2.05, 4.69) is 27.9 Å². The molecule has 0 spiro atoms. The predicted octanol–water partition coefficient (Wildman–Crippen LogP) is 1.89. The van der Waals surface area contributed by atoms with E-state index in [0.717, 1.165) is 6.92 Å². The molecule has 0 amide bonds. The maximum absolute atomic E-state index is 14.6. The number of nitrogens with zero attached hydrogens (tertiary/aromatic N) is 4. The van der Waals surface area contributed by atoms with Crippen LogP contribution >= 0.6 is 7.60 Å². The Hall–Kier alpha value is -0.566. The van der Waals surface area contributed by atoms with Crippen LogP contribution in [0.3, 0.4) is 0 Å². The number of fused-ring (bicyclic) bond motifs is 1. The van der Waals surface area contributed by atoms with E-state index in [-0.39, 0.29) is 38.3 Å². The molecule has 24 heavy (non-hydrogen) atoms. The Balaban J connectivity index is 0.00000288. The van der Waals surface area contributed by atoms with Crippen molar-refractivity contribution in [2.24, 2.45) is 0 Å². The maximum Gasteiger partial charge on any atom is 0.351 e. The molecule has 0 aliphatic rings. The zero-order chi connectivity index (χ0) is 17.4. The van der Waals surface area contributed by atoms with Crippen molar-refractivity contribution in [2.45, 2.75) is 32.7 Å². The van der Waals surface area contributed by atoms with Gasteiger partial charge in [-0.05, 0) is 19.5 Å². The molecule has 0 aromatic carbocycles. The Morgan fingerprint density at radius 2 is 2.21 bits per heavy atom. The molecule has 0 saturated carbocycles. The first-order valence-corrected chi connectivity index (χ1v) is 8.46. The van der Waals surface area contributed by atoms with E-state index in [1.165, 1.54) is 6.33 Å². The fourth-order valence-corrected chi connectivity index (χ4v) is 2.45. The van der Waals surface area contributed by atoms with E-state index in [0.29, 0.717) is 16.9 Å². The minimum absolute atomic E-state index is 0. The third kappa shape index (κ3) is 4.74. The molecule has 2 atom stereocenters. The minimum atomic E-state index is -4.49. The van der Waals surface area contributed by atoms with Crippen LogP contribution in [0.5, 0.6) is 0 Å². The minimum Gasteiger partial charge on any atom is -0.369 e. The van der Waals surface area contributed by atoms with Gasteiger partial charge in [0.25, 0.3) is 0 Å². The maximum atomic E-state index is 14.6. The van der Waals surface area contributed by atoms with Gasteiger partial charge in [-0.2, -0.15) is 0 Å². The molecule has 0 aliphatic heterocycles. The molecule has 2 aromatic heterocycles. The average Bonchev–Trinajstić information content (AvgIpc) is 2.88. The predicted molar refractivity (Wildman–Crippen MR) is 80.3 cm³/mol. The molecule has 0 aliphatic carbocycles. The third-order valence-electron chi connectivity index (χ3n) is 3.48. The van der Waals surface area contributed by atoms with Crippen LogP contribution in [0.25, 0.3) is 11.2 Å². The molecular weight excluding hydrogens is 415 g/mol. The monoisotopic (exact) mass is 432 g/mol. The fraction of sp³-hybridized carbons (Fsp3) is 0.462. The van der Waals surface area contributed by atoms with E-state index in [1.807, 2.05) is 0 Å². The topological polar surface area (TPSA) is 110 Å². The Labute approximate surface area is 163 Å². The molecule has 1 radical (unpaired) electrons. The molecule has 2 N–H and O–H groups in total. The summed E-state index contributed by atoms with van der Waals surface area (Å²) < 4.78 is 31.7. The number of rotatable bonds is 6. The summed E-state index contributed by atoms with van der Waals surface area (Å²) in [6, 6.07) is -0.616. The quantitative estimate of drug-likeness (QED) is 0.408. The van der Waals surface area contributed by atoms with Crippen LogP contribution < -0.4 is 0 Å². The fourth-order valence-electron chi connectivity index (χ4n) is 2.04. The Bertz CT molecular complexity index is 791. The average molecular weight is 432 g/mol. The van der Waals surface area contributed by atoms with E-state index in [1.54, 1.807) is 18.4 Å². The van der Waals surface area contributed by atoms with E-state index < -0.39 is 25.8 Å². The number of aryl methyl sites for hydroxylation is 1. The number of aromatic nitrogens is 4. The van der Waals surface area contributed by atoms with Gasteiger partial charge in [0.2, 0.25) is 5.85 Å². The first kappa shape index (κ1) is 21.5. The van der Waals surface area contributed by atoms with Crippen molar-refractivity contribution in [3.8, 4) is 0 Å². The number of alkyl halides is 1. The molecule has 0 unspecified atom stereocenters. The first-order valence-electron chi connectivity index (χ1n) is 6.67. The molecule has 11 heteroatoms. The van der Waals surface area contributed by atoms with Gasteiger partial charge in [0.1, 0.15) is 0 Å². The Kier molecular flexibility index (Phi) is 6.95. The van der Waals surface area contributed by atoms with Gasteiger partial charge in [-0.25, -0.2) is 4.39 Å². The Morgan fingerprint density at radius 1 is 1.58 bits per heavy atom. The van der Waals surface area contributed by atoms with Crippen LogP contribution in [0.4, 0.5) is 4.39 Å². The summed E-state index contributed by atoms with van der Waals surface area (Å²) >= 11 is 0. The van der Waals surface area contributed by atoms with Gasteiger partial charge < -0.3 is 29.1 Å². The van der Waals surface area contributed by atoms with Gasteiger partial charge >= 0.3 is 7.60 Å². The number of hydrogen-bond acceptors (Lipinski definition) is 5. The van der Waals surface area contributed by atoms with Crippen LogP contribution in [-0.2, 0) is 42.0 Å². The summed E-state index contributed by atoms with van der Waals surface area (Å²) in [7, 11) is -4.49. The molecule has 2 heterocycles. The number of ether oxygens (including phenoxy) is 1. The van der Waals surface area contributed by atoms with Gasteiger partial charge in [0, 0.05) is 61.8 Å². The molecule has 129 valence electrons. The molecular formula is C13H17FN4O4PY-. The summed E-state index contributed by atoms with van der Waals surface area (Å²) in [4.78, 5) is 29.7. The summed E-state index contributed by atoms with van der Waals surface area (Å²) in [5, 5.41) is 0. The van der Waals surface area contributed by atoms with Gasteiger partial charge in [0.15, 0.2) is 6.35 Å². The normalized spacial score (nSPS) is 15.6. The van der Waals surface area contributed by atoms with Crippen molar-refractivity contribution < 1.29 is 56.2 Å². The summed E-state index contributed by atoms with van der Waals surface area (Å²) in [5.74, 6) is -2.43. The second kappa shape index (κ2) is 7.76. The van der Waals surface area contributed by atoms with Crippen LogP contribution in [0.15, 0.2) is 18.5 Å². The van der Waals surface area contributed by atoms with E-state index in [9.17, 15) is 8.96 Å². The van der Waals surface area contributed by atoms with Gasteiger partial charge in [-0.15, -0.1) is 0 Å². The number of imidazole rings is 1. The van der Waals surface area contributed by atoms with Crippen molar-refractivity contribution in [1.82, 2.24) is 19.5 Å². The van der Waals surface area contributed by atoms with Crippen LogP contribution in [0.2, 0.25) is 0 Å². The second-order valence-corrected chi connectivity index (χ2v) is 6.88. The van der Waals surface area contributed by atoms with Gasteiger partial charge in [-0.1, -0.05) is 13.5 Å². The largest absolute Gasteiger partial charge is 0.369 e. The van der Waals surface area contributed by atoms with Crippen molar-refractivity contribution in [1.29, 1.82) is 0 Å². The summed E-state index contributed by atoms with van der Waals surface area (Å²) in [6.45, 7) is 8.11. The SMILES string of the molecule is C=C([C@H](C)n1cnc2c(C)n[c-]nc21)[C@@](C)(F)OCP(=O)(O)O.[Y]. The second-order valence-electron chi connectivity index (χ2n) is 5.29. The van der Waals surface area contributed by atoms with Crippen molar-refractivity contribution >= 4 is 18.8 Å². The number of hydrogen-bond donors (Lipinski definition) is 2. The van der Waals surface area contributed by atoms with Gasteiger partial charge in [-0.3, -0.25) is 9.55 Å². The van der Waals surface area contributed by atoms with E-state index >= 15 is 0 Å². The van der Waals surface area contributed by atoms with Gasteiger partial charge in [0.05, 0.1) is 6.33 Å². The van der Waals surface area contributed by atoms with Crippen molar-refractivity contribution in [3.63, 3.8) is 0 Å². The molecule has 0 fully saturated rings.